The van der Waals surface area contributed by atoms with E-state index in [0.717, 1.165) is 21.9 Å². The summed E-state index contributed by atoms with van der Waals surface area (Å²) in [5.41, 5.74) is 1.54. The summed E-state index contributed by atoms with van der Waals surface area (Å²) in [7, 11) is 1.04. The lowest BCUT2D eigenvalue weighted by molar-refractivity contribution is 0.0948. The average molecular weight is 378 g/mol. The van der Waals surface area contributed by atoms with Gasteiger partial charge in [0.15, 0.2) is 0 Å². The van der Waals surface area contributed by atoms with Crippen molar-refractivity contribution in [1.82, 2.24) is 5.32 Å². The van der Waals surface area contributed by atoms with Crippen molar-refractivity contribution in [1.29, 1.82) is 0 Å². The highest BCUT2D eigenvalue weighted by atomic mass is 32.2. The number of sulfonamides is 1. The molecular weight excluding hydrogens is 356 g/mol. The first-order valence-electron chi connectivity index (χ1n) is 7.79. The van der Waals surface area contributed by atoms with Gasteiger partial charge in [-0.3, -0.25) is 9.10 Å². The van der Waals surface area contributed by atoms with Crippen LogP contribution in [0, 0.1) is 0 Å². The zero-order valence-electron chi connectivity index (χ0n) is 15.1. The van der Waals surface area contributed by atoms with Gasteiger partial charge in [0.05, 0.1) is 31.7 Å². The van der Waals surface area contributed by atoms with Crippen LogP contribution in [0.1, 0.15) is 15.9 Å². The van der Waals surface area contributed by atoms with Gasteiger partial charge in [0.1, 0.15) is 11.5 Å². The van der Waals surface area contributed by atoms with Gasteiger partial charge >= 0.3 is 0 Å². The van der Waals surface area contributed by atoms with Crippen molar-refractivity contribution < 1.29 is 22.7 Å². The molecule has 0 saturated carbocycles. The number of hydrogen-bond acceptors (Lipinski definition) is 5. The molecule has 26 heavy (non-hydrogen) atoms. The summed E-state index contributed by atoms with van der Waals surface area (Å²) in [5.74, 6) is 0.738. The Morgan fingerprint density at radius 2 is 1.73 bits per heavy atom. The van der Waals surface area contributed by atoms with Crippen LogP contribution in [0.2, 0.25) is 0 Å². The summed E-state index contributed by atoms with van der Waals surface area (Å²) in [6.45, 7) is 0.318. The molecule has 0 fully saturated rings. The van der Waals surface area contributed by atoms with Crippen molar-refractivity contribution in [3.8, 4) is 11.5 Å². The number of nitrogens with zero attached hydrogens (tertiary/aromatic N) is 1. The number of benzene rings is 2. The van der Waals surface area contributed by atoms with Gasteiger partial charge in [0.25, 0.3) is 5.91 Å². The summed E-state index contributed by atoms with van der Waals surface area (Å²) in [6.07, 6.45) is 1.10. The molecule has 7 nitrogen and oxygen atoms in total. The normalized spacial score (nSPS) is 10.9. The predicted octanol–water partition coefficient (Wildman–Crippen LogP) is 2.03. The minimum Gasteiger partial charge on any atom is -0.497 e. The summed E-state index contributed by atoms with van der Waals surface area (Å²) < 4.78 is 34.9. The van der Waals surface area contributed by atoms with Crippen LogP contribution in [0.4, 0.5) is 5.69 Å². The third-order valence-electron chi connectivity index (χ3n) is 3.90. The van der Waals surface area contributed by atoms with Crippen LogP contribution in [0.15, 0.2) is 42.5 Å². The molecule has 2 aromatic carbocycles. The quantitative estimate of drug-likeness (QED) is 0.797. The van der Waals surface area contributed by atoms with E-state index in [4.69, 9.17) is 9.47 Å². The topological polar surface area (TPSA) is 84.9 Å². The molecule has 1 amide bonds. The molecule has 1 N–H and O–H groups in total. The molecule has 0 bridgehead atoms. The molecule has 0 radical (unpaired) electrons. The van der Waals surface area contributed by atoms with E-state index in [1.165, 1.54) is 20.2 Å². The molecule has 0 saturated heterocycles. The smallest absolute Gasteiger partial charge is 0.255 e. The lowest BCUT2D eigenvalue weighted by Crippen LogP contribution is -2.26. The fourth-order valence-corrected chi connectivity index (χ4v) is 2.78. The SMILES string of the molecule is COc1ccc(CNC(=O)c2cc(N(C)S(C)(=O)=O)ccc2OC)cc1. The lowest BCUT2D eigenvalue weighted by Gasteiger charge is -2.18. The molecule has 0 aliphatic rings. The van der Waals surface area contributed by atoms with Gasteiger partial charge in [-0.25, -0.2) is 8.42 Å². The van der Waals surface area contributed by atoms with Crippen LogP contribution in [0.3, 0.4) is 0 Å². The van der Waals surface area contributed by atoms with Gasteiger partial charge in [0.2, 0.25) is 10.0 Å². The third-order valence-corrected chi connectivity index (χ3v) is 5.11. The number of rotatable bonds is 7. The second kappa shape index (κ2) is 8.09. The van der Waals surface area contributed by atoms with Crippen molar-refractivity contribution in [3.63, 3.8) is 0 Å². The van der Waals surface area contributed by atoms with Gasteiger partial charge in [-0.15, -0.1) is 0 Å². The minimum atomic E-state index is -3.43. The van der Waals surface area contributed by atoms with Crippen molar-refractivity contribution in [2.45, 2.75) is 6.54 Å². The Labute approximate surface area is 153 Å². The summed E-state index contributed by atoms with van der Waals surface area (Å²) >= 11 is 0. The van der Waals surface area contributed by atoms with E-state index >= 15 is 0 Å². The maximum atomic E-state index is 12.6. The maximum absolute atomic E-state index is 12.6. The Kier molecular flexibility index (Phi) is 6.10. The van der Waals surface area contributed by atoms with Crippen LogP contribution < -0.4 is 19.1 Å². The van der Waals surface area contributed by atoms with E-state index in [2.05, 4.69) is 5.32 Å². The van der Waals surface area contributed by atoms with E-state index in [0.29, 0.717) is 18.0 Å². The molecule has 2 rings (SSSR count). The molecule has 0 aliphatic heterocycles. The van der Waals surface area contributed by atoms with Crippen LogP contribution in [-0.2, 0) is 16.6 Å². The lowest BCUT2D eigenvalue weighted by atomic mass is 10.1. The minimum absolute atomic E-state index is 0.258. The van der Waals surface area contributed by atoms with Gasteiger partial charge in [-0.1, -0.05) is 12.1 Å². The van der Waals surface area contributed by atoms with E-state index in [1.54, 1.807) is 19.2 Å². The molecule has 0 spiro atoms. The largest absolute Gasteiger partial charge is 0.497 e. The number of ether oxygens (including phenoxy) is 2. The molecule has 0 heterocycles. The first kappa shape index (κ1) is 19.6. The fourth-order valence-electron chi connectivity index (χ4n) is 2.28. The first-order chi connectivity index (χ1) is 12.3. The van der Waals surface area contributed by atoms with Crippen LogP contribution in [0.25, 0.3) is 0 Å². The van der Waals surface area contributed by atoms with Gasteiger partial charge in [-0.05, 0) is 35.9 Å². The van der Waals surface area contributed by atoms with Gasteiger partial charge < -0.3 is 14.8 Å². The van der Waals surface area contributed by atoms with Crippen LogP contribution >= 0.6 is 0 Å². The Balaban J connectivity index is 2.20. The van der Waals surface area contributed by atoms with E-state index in [1.807, 2.05) is 24.3 Å². The van der Waals surface area contributed by atoms with Crippen molar-refractivity contribution >= 4 is 21.6 Å². The molecule has 0 aliphatic carbocycles. The number of carbonyl (C=O) groups excluding carboxylic acids is 1. The Morgan fingerprint density at radius 3 is 2.27 bits per heavy atom. The Hall–Kier alpha value is -2.74. The number of methoxy groups -OCH3 is 2. The summed E-state index contributed by atoms with van der Waals surface area (Å²) in [5, 5.41) is 2.80. The molecule has 0 atom stereocenters. The van der Waals surface area contributed by atoms with Gasteiger partial charge in [-0.2, -0.15) is 0 Å². The molecule has 0 aromatic heterocycles. The first-order valence-corrected chi connectivity index (χ1v) is 9.64. The number of anilines is 1. The van der Waals surface area contributed by atoms with Crippen LogP contribution in [0.5, 0.6) is 11.5 Å². The number of carbonyl (C=O) groups is 1. The zero-order chi connectivity index (χ0) is 19.3. The Morgan fingerprint density at radius 1 is 1.08 bits per heavy atom. The third kappa shape index (κ3) is 4.66. The molecule has 8 heteroatoms. The van der Waals surface area contributed by atoms with Gasteiger partial charge in [0, 0.05) is 13.6 Å². The van der Waals surface area contributed by atoms with Crippen molar-refractivity contribution in [3.05, 3.63) is 53.6 Å². The molecule has 2 aromatic rings. The highest BCUT2D eigenvalue weighted by Crippen LogP contribution is 2.25. The predicted molar refractivity (Wildman–Crippen MR) is 100 cm³/mol. The van der Waals surface area contributed by atoms with Crippen molar-refractivity contribution in [2.24, 2.45) is 0 Å². The van der Waals surface area contributed by atoms with E-state index in [-0.39, 0.29) is 11.5 Å². The molecule has 0 unspecified atom stereocenters. The highest BCUT2D eigenvalue weighted by molar-refractivity contribution is 7.92. The highest BCUT2D eigenvalue weighted by Gasteiger charge is 2.18. The second-order valence-electron chi connectivity index (χ2n) is 5.65. The van der Waals surface area contributed by atoms with E-state index in [9.17, 15) is 13.2 Å². The average Bonchev–Trinajstić information content (AvgIpc) is 2.64. The summed E-state index contributed by atoms with van der Waals surface area (Å²) in [6, 6.07) is 12.0. The van der Waals surface area contributed by atoms with Crippen molar-refractivity contribution in [2.75, 3.05) is 31.8 Å². The molecule has 140 valence electrons. The standard InChI is InChI=1S/C18H22N2O5S/c1-20(26(4,22)23)14-7-10-17(25-3)16(11-14)18(21)19-12-13-5-8-15(24-2)9-6-13/h5-11H,12H2,1-4H3,(H,19,21). The van der Waals surface area contributed by atoms with E-state index < -0.39 is 10.0 Å². The number of nitrogens with one attached hydrogen (secondary N) is 1. The summed E-state index contributed by atoms with van der Waals surface area (Å²) in [4.78, 5) is 12.6. The molecular formula is C18H22N2O5S. The monoisotopic (exact) mass is 378 g/mol. The number of amides is 1. The second-order valence-corrected chi connectivity index (χ2v) is 7.66. The number of hydrogen-bond donors (Lipinski definition) is 1. The maximum Gasteiger partial charge on any atom is 0.255 e. The Bertz CT molecular complexity index is 879. The van der Waals surface area contributed by atoms with Crippen LogP contribution in [-0.4, -0.2) is 41.8 Å². The fraction of sp³-hybridized carbons (Fsp3) is 0.278. The zero-order valence-corrected chi connectivity index (χ0v) is 16.0.